The highest BCUT2D eigenvalue weighted by atomic mass is 32.1. The minimum atomic E-state index is -0.215. The first kappa shape index (κ1) is 20.4. The summed E-state index contributed by atoms with van der Waals surface area (Å²) in [7, 11) is 0. The fourth-order valence-electron chi connectivity index (χ4n) is 3.63. The summed E-state index contributed by atoms with van der Waals surface area (Å²) in [5, 5.41) is 15.5. The highest BCUT2D eigenvalue weighted by Crippen LogP contribution is 2.22. The molecule has 28 heavy (non-hydrogen) atoms. The van der Waals surface area contributed by atoms with E-state index < -0.39 is 0 Å². The number of anilines is 1. The third-order valence-electron chi connectivity index (χ3n) is 5.13. The fraction of sp³-hybridized carbons (Fsp3) is 0.632. The molecule has 1 atom stereocenters. The summed E-state index contributed by atoms with van der Waals surface area (Å²) in [6, 6.07) is 0. The molecule has 3 heterocycles. The number of nitrogens with one attached hydrogen (secondary N) is 1. The molecule has 1 unspecified atom stereocenters. The lowest BCUT2D eigenvalue weighted by atomic mass is 9.96. The quantitative estimate of drug-likeness (QED) is 0.798. The molecule has 0 spiro atoms. The standard InChI is InChI=1S/C19H28N6O2S/c1-12(2)9-25-14(4)16(13(3)23-25)8-17(26)24-7-5-6-15(10-24)18(27)21-19-22-20-11-28-19/h11-12,15H,5-10H2,1-4H3,(H,21,22,27). The van der Waals surface area contributed by atoms with Gasteiger partial charge >= 0.3 is 0 Å². The molecule has 0 saturated carbocycles. The van der Waals surface area contributed by atoms with E-state index in [0.29, 0.717) is 30.6 Å². The van der Waals surface area contributed by atoms with Gasteiger partial charge in [-0.2, -0.15) is 5.10 Å². The van der Waals surface area contributed by atoms with E-state index in [4.69, 9.17) is 0 Å². The van der Waals surface area contributed by atoms with Crippen molar-refractivity contribution in [1.82, 2.24) is 24.9 Å². The third-order valence-corrected chi connectivity index (χ3v) is 5.74. The van der Waals surface area contributed by atoms with Gasteiger partial charge in [-0.25, -0.2) is 0 Å². The molecule has 1 saturated heterocycles. The molecule has 1 aliphatic heterocycles. The summed E-state index contributed by atoms with van der Waals surface area (Å²) >= 11 is 1.29. The predicted molar refractivity (Wildman–Crippen MR) is 108 cm³/mol. The van der Waals surface area contributed by atoms with Crippen molar-refractivity contribution < 1.29 is 9.59 Å². The molecular formula is C19H28N6O2S. The zero-order valence-corrected chi connectivity index (χ0v) is 17.8. The van der Waals surface area contributed by atoms with Crippen LogP contribution in [0.25, 0.3) is 0 Å². The molecule has 0 aliphatic carbocycles. The van der Waals surface area contributed by atoms with Crippen LogP contribution in [0.5, 0.6) is 0 Å². The number of hydrogen-bond donors (Lipinski definition) is 1. The van der Waals surface area contributed by atoms with Crippen LogP contribution in [0.15, 0.2) is 5.51 Å². The average Bonchev–Trinajstić information content (AvgIpc) is 3.25. The minimum absolute atomic E-state index is 0.0590. The fourth-order valence-corrected chi connectivity index (χ4v) is 4.08. The molecule has 2 amide bonds. The number of carbonyl (C=O) groups is 2. The molecule has 1 N–H and O–H groups in total. The number of hydrogen-bond acceptors (Lipinski definition) is 6. The highest BCUT2D eigenvalue weighted by Gasteiger charge is 2.29. The second-order valence-corrected chi connectivity index (χ2v) is 8.65. The van der Waals surface area contributed by atoms with Gasteiger partial charge in [0.2, 0.25) is 16.9 Å². The molecule has 9 heteroatoms. The Morgan fingerprint density at radius 3 is 2.82 bits per heavy atom. The maximum atomic E-state index is 12.9. The molecule has 3 rings (SSSR count). The van der Waals surface area contributed by atoms with E-state index in [1.165, 1.54) is 11.3 Å². The topological polar surface area (TPSA) is 93.0 Å². The van der Waals surface area contributed by atoms with Gasteiger partial charge in [0.25, 0.3) is 0 Å². The number of amides is 2. The van der Waals surface area contributed by atoms with Gasteiger partial charge in [-0.1, -0.05) is 25.2 Å². The maximum absolute atomic E-state index is 12.9. The van der Waals surface area contributed by atoms with Crippen LogP contribution in [0, 0.1) is 25.7 Å². The SMILES string of the molecule is Cc1nn(CC(C)C)c(C)c1CC(=O)N1CCCC(C(=O)Nc2nncs2)C1. The average molecular weight is 405 g/mol. The Labute approximate surface area is 169 Å². The number of nitrogens with zero attached hydrogens (tertiary/aromatic N) is 5. The molecule has 0 bridgehead atoms. The molecule has 0 aromatic carbocycles. The Morgan fingerprint density at radius 1 is 1.36 bits per heavy atom. The van der Waals surface area contributed by atoms with Crippen LogP contribution in [0.2, 0.25) is 0 Å². The lowest BCUT2D eigenvalue weighted by Gasteiger charge is -2.32. The van der Waals surface area contributed by atoms with Crippen molar-refractivity contribution >= 4 is 28.3 Å². The van der Waals surface area contributed by atoms with Crippen LogP contribution < -0.4 is 5.32 Å². The molecular weight excluding hydrogens is 376 g/mol. The van der Waals surface area contributed by atoms with Gasteiger partial charge in [0.05, 0.1) is 18.0 Å². The van der Waals surface area contributed by atoms with E-state index >= 15 is 0 Å². The first-order valence-electron chi connectivity index (χ1n) is 9.72. The second-order valence-electron chi connectivity index (χ2n) is 7.81. The zero-order chi connectivity index (χ0) is 20.3. The van der Waals surface area contributed by atoms with Crippen molar-refractivity contribution in [3.05, 3.63) is 22.5 Å². The summed E-state index contributed by atoms with van der Waals surface area (Å²) in [6.07, 6.45) is 1.93. The van der Waals surface area contributed by atoms with Crippen molar-refractivity contribution in [2.24, 2.45) is 11.8 Å². The van der Waals surface area contributed by atoms with Gasteiger partial charge in [0.1, 0.15) is 5.51 Å². The first-order chi connectivity index (χ1) is 13.3. The minimum Gasteiger partial charge on any atom is -0.342 e. The lowest BCUT2D eigenvalue weighted by molar-refractivity contribution is -0.133. The Kier molecular flexibility index (Phi) is 6.43. The van der Waals surface area contributed by atoms with Crippen LogP contribution in [0.1, 0.15) is 43.6 Å². The number of likely N-dealkylation sites (tertiary alicyclic amines) is 1. The van der Waals surface area contributed by atoms with Gasteiger partial charge in [-0.05, 0) is 32.6 Å². The smallest absolute Gasteiger partial charge is 0.231 e. The van der Waals surface area contributed by atoms with Crippen LogP contribution >= 0.6 is 11.3 Å². The van der Waals surface area contributed by atoms with E-state index in [2.05, 4.69) is 34.5 Å². The van der Waals surface area contributed by atoms with Crippen LogP contribution in [-0.2, 0) is 22.6 Å². The normalized spacial score (nSPS) is 17.2. The highest BCUT2D eigenvalue weighted by molar-refractivity contribution is 7.13. The number of carbonyl (C=O) groups excluding carboxylic acids is 2. The van der Waals surface area contributed by atoms with Crippen LogP contribution in [0.3, 0.4) is 0 Å². The van der Waals surface area contributed by atoms with Gasteiger partial charge in [-0.3, -0.25) is 14.3 Å². The summed E-state index contributed by atoms with van der Waals surface area (Å²) in [6.45, 7) is 10.3. The van der Waals surface area contributed by atoms with Crippen molar-refractivity contribution in [3.8, 4) is 0 Å². The van der Waals surface area contributed by atoms with Crippen molar-refractivity contribution in [2.75, 3.05) is 18.4 Å². The summed E-state index contributed by atoms with van der Waals surface area (Å²) < 4.78 is 2.00. The van der Waals surface area contributed by atoms with E-state index in [-0.39, 0.29) is 17.7 Å². The van der Waals surface area contributed by atoms with Gasteiger partial charge in [0, 0.05) is 30.9 Å². The maximum Gasteiger partial charge on any atom is 0.231 e. The van der Waals surface area contributed by atoms with E-state index in [1.54, 1.807) is 5.51 Å². The number of rotatable bonds is 6. The number of aryl methyl sites for hydroxylation is 1. The van der Waals surface area contributed by atoms with Gasteiger partial charge in [0.15, 0.2) is 0 Å². The third kappa shape index (κ3) is 4.76. The van der Waals surface area contributed by atoms with E-state index in [0.717, 1.165) is 36.3 Å². The monoisotopic (exact) mass is 404 g/mol. The molecule has 0 radical (unpaired) electrons. The van der Waals surface area contributed by atoms with E-state index in [9.17, 15) is 9.59 Å². The van der Waals surface area contributed by atoms with Crippen molar-refractivity contribution in [3.63, 3.8) is 0 Å². The van der Waals surface area contributed by atoms with Crippen molar-refractivity contribution in [2.45, 2.75) is 53.5 Å². The zero-order valence-electron chi connectivity index (χ0n) is 16.9. The largest absolute Gasteiger partial charge is 0.342 e. The molecule has 2 aromatic rings. The Bertz CT molecular complexity index is 830. The first-order valence-corrected chi connectivity index (χ1v) is 10.6. The summed E-state index contributed by atoms with van der Waals surface area (Å²) in [5.74, 6) is 0.249. The van der Waals surface area contributed by atoms with Crippen LogP contribution in [-0.4, -0.2) is 49.8 Å². The van der Waals surface area contributed by atoms with Crippen LogP contribution in [0.4, 0.5) is 5.13 Å². The molecule has 1 fully saturated rings. The Morgan fingerprint density at radius 2 is 2.14 bits per heavy atom. The molecule has 2 aromatic heterocycles. The summed E-state index contributed by atoms with van der Waals surface area (Å²) in [5.41, 5.74) is 4.55. The number of piperidine rings is 1. The molecule has 152 valence electrons. The molecule has 8 nitrogen and oxygen atoms in total. The van der Waals surface area contributed by atoms with Gasteiger partial charge in [-0.15, -0.1) is 10.2 Å². The van der Waals surface area contributed by atoms with Gasteiger partial charge < -0.3 is 10.2 Å². The predicted octanol–water partition coefficient (Wildman–Crippen LogP) is 2.43. The molecule has 1 aliphatic rings. The van der Waals surface area contributed by atoms with Crippen molar-refractivity contribution in [1.29, 1.82) is 0 Å². The Balaban J connectivity index is 1.63. The summed E-state index contributed by atoms with van der Waals surface area (Å²) in [4.78, 5) is 27.2. The Hall–Kier alpha value is -2.29. The lowest BCUT2D eigenvalue weighted by Crippen LogP contribution is -2.44. The van der Waals surface area contributed by atoms with E-state index in [1.807, 2.05) is 23.4 Å². The number of aromatic nitrogens is 4. The second kappa shape index (κ2) is 8.81.